The molecule has 0 aromatic heterocycles. The summed E-state index contributed by atoms with van der Waals surface area (Å²) < 4.78 is 4.94. The van der Waals surface area contributed by atoms with Gasteiger partial charge in [-0.2, -0.15) is 0 Å². The van der Waals surface area contributed by atoms with Crippen LogP contribution in [0.5, 0.6) is 0 Å². The Morgan fingerprint density at radius 3 is 2.64 bits per heavy atom. The minimum atomic E-state index is -1.07. The highest BCUT2D eigenvalue weighted by molar-refractivity contribution is 5.57. The molecule has 0 radical (unpaired) electrons. The molecule has 64 valence electrons. The standard InChI is InChI=1S/C7H12O4/c1-4-3-11-5(2-8)7(10)6(4)9/h2,4-7,9-10H,3H2,1H3. The smallest absolute Gasteiger partial charge is 0.151 e. The Balaban J connectivity index is 2.58. The number of aliphatic hydroxyl groups is 2. The molecule has 1 fully saturated rings. The van der Waals surface area contributed by atoms with Gasteiger partial charge in [0.05, 0.1) is 12.7 Å². The van der Waals surface area contributed by atoms with E-state index >= 15 is 0 Å². The fourth-order valence-electron chi connectivity index (χ4n) is 1.11. The molecule has 0 aliphatic carbocycles. The number of ether oxygens (including phenoxy) is 1. The first-order chi connectivity index (χ1) is 5.16. The van der Waals surface area contributed by atoms with Crippen molar-refractivity contribution in [3.63, 3.8) is 0 Å². The van der Waals surface area contributed by atoms with Crippen LogP contribution in [0.2, 0.25) is 0 Å². The maximum absolute atomic E-state index is 10.2. The van der Waals surface area contributed by atoms with Gasteiger partial charge in [0, 0.05) is 5.92 Å². The van der Waals surface area contributed by atoms with Crippen LogP contribution < -0.4 is 0 Å². The summed E-state index contributed by atoms with van der Waals surface area (Å²) in [6.45, 7) is 2.08. The number of aldehydes is 1. The van der Waals surface area contributed by atoms with E-state index < -0.39 is 18.3 Å². The molecule has 0 aromatic carbocycles. The Labute approximate surface area is 64.8 Å². The van der Waals surface area contributed by atoms with E-state index in [0.29, 0.717) is 12.9 Å². The second kappa shape index (κ2) is 3.30. The lowest BCUT2D eigenvalue weighted by molar-refractivity contribution is -0.164. The summed E-state index contributed by atoms with van der Waals surface area (Å²) in [5.41, 5.74) is 0. The number of carbonyl (C=O) groups excluding carboxylic acids is 1. The van der Waals surface area contributed by atoms with Crippen LogP contribution in [0, 0.1) is 5.92 Å². The maximum atomic E-state index is 10.2. The van der Waals surface area contributed by atoms with Gasteiger partial charge in [0.15, 0.2) is 6.29 Å². The molecule has 1 saturated heterocycles. The lowest BCUT2D eigenvalue weighted by Crippen LogP contribution is -2.49. The van der Waals surface area contributed by atoms with Crippen molar-refractivity contribution in [1.82, 2.24) is 0 Å². The quantitative estimate of drug-likeness (QED) is 0.480. The van der Waals surface area contributed by atoms with Gasteiger partial charge in [-0.3, -0.25) is 0 Å². The molecule has 4 nitrogen and oxygen atoms in total. The molecular formula is C7H12O4. The van der Waals surface area contributed by atoms with Crippen molar-refractivity contribution >= 4 is 6.29 Å². The summed E-state index contributed by atoms with van der Waals surface area (Å²) in [6, 6.07) is 0. The summed E-state index contributed by atoms with van der Waals surface area (Å²) in [5, 5.41) is 18.5. The van der Waals surface area contributed by atoms with Gasteiger partial charge < -0.3 is 19.7 Å². The molecule has 2 N–H and O–H groups in total. The van der Waals surface area contributed by atoms with Crippen molar-refractivity contribution in [2.75, 3.05) is 6.61 Å². The Kier molecular flexibility index (Phi) is 2.59. The summed E-state index contributed by atoms with van der Waals surface area (Å²) in [4.78, 5) is 10.2. The van der Waals surface area contributed by atoms with E-state index in [1.54, 1.807) is 6.92 Å². The summed E-state index contributed by atoms with van der Waals surface area (Å²) in [7, 11) is 0. The van der Waals surface area contributed by atoms with E-state index in [1.807, 2.05) is 0 Å². The molecule has 1 heterocycles. The zero-order chi connectivity index (χ0) is 8.43. The van der Waals surface area contributed by atoms with Gasteiger partial charge in [-0.1, -0.05) is 6.92 Å². The Morgan fingerprint density at radius 1 is 1.45 bits per heavy atom. The predicted octanol–water partition coefficient (Wildman–Crippen LogP) is -1.06. The van der Waals surface area contributed by atoms with Crippen LogP contribution in [0.4, 0.5) is 0 Å². The van der Waals surface area contributed by atoms with Crippen LogP contribution in [0.15, 0.2) is 0 Å². The fourth-order valence-corrected chi connectivity index (χ4v) is 1.11. The van der Waals surface area contributed by atoms with Gasteiger partial charge in [-0.15, -0.1) is 0 Å². The van der Waals surface area contributed by atoms with Crippen molar-refractivity contribution in [1.29, 1.82) is 0 Å². The number of aliphatic hydroxyl groups excluding tert-OH is 2. The SMILES string of the molecule is CC1COC(C=O)C(O)C1O. The monoisotopic (exact) mass is 160 g/mol. The molecular weight excluding hydrogens is 148 g/mol. The summed E-state index contributed by atoms with van der Waals surface area (Å²) in [6.07, 6.45) is -2.27. The van der Waals surface area contributed by atoms with E-state index in [9.17, 15) is 15.0 Å². The average Bonchev–Trinajstić information content (AvgIpc) is 2.01. The number of hydrogen-bond acceptors (Lipinski definition) is 4. The fraction of sp³-hybridized carbons (Fsp3) is 0.857. The molecule has 11 heavy (non-hydrogen) atoms. The van der Waals surface area contributed by atoms with E-state index in [-0.39, 0.29) is 5.92 Å². The van der Waals surface area contributed by atoms with Gasteiger partial charge in [-0.05, 0) is 0 Å². The van der Waals surface area contributed by atoms with Gasteiger partial charge in [0.1, 0.15) is 12.2 Å². The molecule has 0 saturated carbocycles. The molecule has 1 aliphatic rings. The minimum absolute atomic E-state index is 0.110. The van der Waals surface area contributed by atoms with Gasteiger partial charge in [0.25, 0.3) is 0 Å². The molecule has 0 aromatic rings. The Bertz CT molecular complexity index is 147. The molecule has 0 amide bonds. The van der Waals surface area contributed by atoms with E-state index in [4.69, 9.17) is 4.74 Å². The third-order valence-electron chi connectivity index (χ3n) is 1.96. The molecule has 0 spiro atoms. The normalized spacial score (nSPS) is 45.4. The third-order valence-corrected chi connectivity index (χ3v) is 1.96. The maximum Gasteiger partial charge on any atom is 0.151 e. The highest BCUT2D eigenvalue weighted by Crippen LogP contribution is 2.18. The van der Waals surface area contributed by atoms with Crippen LogP contribution in [0.25, 0.3) is 0 Å². The lowest BCUT2D eigenvalue weighted by atomic mass is 9.94. The second-order valence-electron chi connectivity index (χ2n) is 2.89. The van der Waals surface area contributed by atoms with Crippen LogP contribution >= 0.6 is 0 Å². The van der Waals surface area contributed by atoms with Crippen molar-refractivity contribution in [3.8, 4) is 0 Å². The van der Waals surface area contributed by atoms with E-state index in [2.05, 4.69) is 0 Å². The van der Waals surface area contributed by atoms with Crippen molar-refractivity contribution in [3.05, 3.63) is 0 Å². The van der Waals surface area contributed by atoms with Gasteiger partial charge in [0.2, 0.25) is 0 Å². The lowest BCUT2D eigenvalue weighted by Gasteiger charge is -2.33. The van der Waals surface area contributed by atoms with Crippen molar-refractivity contribution < 1.29 is 19.7 Å². The largest absolute Gasteiger partial charge is 0.390 e. The first kappa shape index (κ1) is 8.64. The number of hydrogen-bond donors (Lipinski definition) is 2. The van der Waals surface area contributed by atoms with Crippen LogP contribution in [0.1, 0.15) is 6.92 Å². The number of rotatable bonds is 1. The van der Waals surface area contributed by atoms with Crippen LogP contribution in [-0.2, 0) is 9.53 Å². The average molecular weight is 160 g/mol. The highest BCUT2D eigenvalue weighted by Gasteiger charge is 2.35. The molecule has 1 aliphatic heterocycles. The van der Waals surface area contributed by atoms with E-state index in [1.165, 1.54) is 0 Å². The Morgan fingerprint density at radius 2 is 2.09 bits per heavy atom. The highest BCUT2D eigenvalue weighted by atomic mass is 16.5. The van der Waals surface area contributed by atoms with Gasteiger partial charge in [-0.25, -0.2) is 0 Å². The molecule has 4 atom stereocenters. The van der Waals surface area contributed by atoms with Crippen molar-refractivity contribution in [2.45, 2.75) is 25.2 Å². The molecule has 4 heteroatoms. The Hall–Kier alpha value is -0.450. The zero-order valence-corrected chi connectivity index (χ0v) is 6.30. The molecule has 0 bridgehead atoms. The molecule has 4 unspecified atom stereocenters. The first-order valence-corrected chi connectivity index (χ1v) is 3.60. The summed E-state index contributed by atoms with van der Waals surface area (Å²) in [5.74, 6) is -0.110. The zero-order valence-electron chi connectivity index (χ0n) is 6.30. The summed E-state index contributed by atoms with van der Waals surface area (Å²) >= 11 is 0. The van der Waals surface area contributed by atoms with Gasteiger partial charge >= 0.3 is 0 Å². The predicted molar refractivity (Wildman–Crippen MR) is 37.0 cm³/mol. The minimum Gasteiger partial charge on any atom is -0.390 e. The first-order valence-electron chi connectivity index (χ1n) is 3.60. The van der Waals surface area contributed by atoms with E-state index in [0.717, 1.165) is 0 Å². The third kappa shape index (κ3) is 1.58. The second-order valence-corrected chi connectivity index (χ2v) is 2.89. The van der Waals surface area contributed by atoms with Crippen LogP contribution in [0.3, 0.4) is 0 Å². The topological polar surface area (TPSA) is 66.8 Å². The molecule has 1 rings (SSSR count). The number of carbonyl (C=O) groups is 1. The van der Waals surface area contributed by atoms with Crippen molar-refractivity contribution in [2.24, 2.45) is 5.92 Å². The van der Waals surface area contributed by atoms with Crippen LogP contribution in [-0.4, -0.2) is 41.4 Å².